The van der Waals surface area contributed by atoms with Crippen molar-refractivity contribution in [2.45, 2.75) is 18.9 Å². The lowest BCUT2D eigenvalue weighted by molar-refractivity contribution is -0.119. The number of nitrogens with zero attached hydrogens (tertiary/aromatic N) is 2. The molecule has 3 rings (SSSR count). The number of hydrogen-bond donors (Lipinski definition) is 0. The summed E-state index contributed by atoms with van der Waals surface area (Å²) in [5, 5.41) is 0.570. The van der Waals surface area contributed by atoms with Gasteiger partial charge in [0, 0.05) is 12.6 Å². The molecular formula is C14H16N2O3S. The van der Waals surface area contributed by atoms with Gasteiger partial charge in [-0.3, -0.25) is 9.69 Å². The van der Waals surface area contributed by atoms with Crippen molar-refractivity contribution in [2.24, 2.45) is 0 Å². The number of amides is 1. The Kier molecular flexibility index (Phi) is 3.25. The summed E-state index contributed by atoms with van der Waals surface area (Å²) in [5.41, 5.74) is 0.678. The molecule has 0 radical (unpaired) electrons. The monoisotopic (exact) mass is 292 g/mol. The molecule has 2 saturated heterocycles. The molecule has 5 nitrogen and oxygen atoms in total. The number of anilines is 1. The molecule has 1 aromatic carbocycles. The fourth-order valence-corrected chi connectivity index (χ4v) is 3.22. The van der Waals surface area contributed by atoms with Crippen molar-refractivity contribution >= 4 is 28.9 Å². The van der Waals surface area contributed by atoms with E-state index in [0.717, 1.165) is 19.4 Å². The van der Waals surface area contributed by atoms with E-state index in [4.69, 9.17) is 21.7 Å². The van der Waals surface area contributed by atoms with Gasteiger partial charge in [-0.2, -0.15) is 0 Å². The van der Waals surface area contributed by atoms with Crippen LogP contribution in [0, 0.1) is 0 Å². The van der Waals surface area contributed by atoms with E-state index in [2.05, 4.69) is 0 Å². The number of carbonyl (C=O) groups is 1. The van der Waals surface area contributed by atoms with Gasteiger partial charge in [0.05, 0.1) is 19.9 Å². The Morgan fingerprint density at radius 2 is 2.10 bits per heavy atom. The highest BCUT2D eigenvalue weighted by Gasteiger charge is 2.46. The normalized spacial score (nSPS) is 21.4. The summed E-state index contributed by atoms with van der Waals surface area (Å²) in [4.78, 5) is 16.1. The molecule has 6 heteroatoms. The van der Waals surface area contributed by atoms with Crippen LogP contribution in [0.5, 0.6) is 11.5 Å². The van der Waals surface area contributed by atoms with E-state index in [1.165, 1.54) is 0 Å². The van der Waals surface area contributed by atoms with E-state index >= 15 is 0 Å². The van der Waals surface area contributed by atoms with Crippen LogP contribution in [-0.2, 0) is 4.79 Å². The first-order chi connectivity index (χ1) is 9.67. The molecule has 20 heavy (non-hydrogen) atoms. The third-order valence-corrected chi connectivity index (χ3v) is 4.24. The van der Waals surface area contributed by atoms with Crippen molar-refractivity contribution in [3.05, 3.63) is 18.2 Å². The molecule has 0 aliphatic carbocycles. The van der Waals surface area contributed by atoms with Crippen LogP contribution in [-0.4, -0.2) is 42.7 Å². The first kappa shape index (κ1) is 13.2. The summed E-state index contributed by atoms with van der Waals surface area (Å²) in [7, 11) is 3.17. The highest BCUT2D eigenvalue weighted by Crippen LogP contribution is 2.38. The largest absolute Gasteiger partial charge is 0.497 e. The standard InChI is InChI=1S/C14H16N2O3S/c1-18-9-5-6-10(12(8-9)19-2)16-13(17)11-4-3-7-15(11)14(16)20/h5-6,8,11H,3-4,7H2,1-2H3. The van der Waals surface area contributed by atoms with E-state index in [0.29, 0.717) is 22.3 Å². The summed E-state index contributed by atoms with van der Waals surface area (Å²) in [6.45, 7) is 0.851. The number of rotatable bonds is 3. The SMILES string of the molecule is COc1ccc(N2C(=O)C3CCCN3C2=S)c(OC)c1. The predicted octanol–water partition coefficient (Wildman–Crippen LogP) is 1.80. The summed E-state index contributed by atoms with van der Waals surface area (Å²) in [6.07, 6.45) is 1.89. The number of methoxy groups -OCH3 is 2. The second kappa shape index (κ2) is 4.94. The number of ether oxygens (including phenoxy) is 2. The molecule has 0 N–H and O–H groups in total. The first-order valence-corrected chi connectivity index (χ1v) is 6.95. The van der Waals surface area contributed by atoms with Crippen LogP contribution in [0.15, 0.2) is 18.2 Å². The smallest absolute Gasteiger partial charge is 0.256 e. The number of thiocarbonyl (C=S) groups is 1. The molecule has 0 saturated carbocycles. The van der Waals surface area contributed by atoms with Gasteiger partial charge in [0.1, 0.15) is 17.5 Å². The molecule has 1 atom stereocenters. The number of hydrogen-bond acceptors (Lipinski definition) is 4. The lowest BCUT2D eigenvalue weighted by Gasteiger charge is -2.21. The Morgan fingerprint density at radius 3 is 2.75 bits per heavy atom. The van der Waals surface area contributed by atoms with Crippen molar-refractivity contribution in [3.63, 3.8) is 0 Å². The molecule has 106 valence electrons. The zero-order valence-corrected chi connectivity index (χ0v) is 12.3. The van der Waals surface area contributed by atoms with Crippen molar-refractivity contribution in [3.8, 4) is 11.5 Å². The Balaban J connectivity index is 2.01. The molecule has 2 aliphatic heterocycles. The molecule has 1 aromatic rings. The second-order valence-electron chi connectivity index (χ2n) is 4.85. The van der Waals surface area contributed by atoms with Crippen molar-refractivity contribution in [2.75, 3.05) is 25.7 Å². The van der Waals surface area contributed by atoms with E-state index < -0.39 is 0 Å². The van der Waals surface area contributed by atoms with Crippen LogP contribution in [0.2, 0.25) is 0 Å². The van der Waals surface area contributed by atoms with E-state index in [1.807, 2.05) is 11.0 Å². The lowest BCUT2D eigenvalue weighted by Crippen LogP contribution is -2.33. The second-order valence-corrected chi connectivity index (χ2v) is 5.21. The quantitative estimate of drug-likeness (QED) is 0.795. The highest BCUT2D eigenvalue weighted by atomic mass is 32.1. The summed E-state index contributed by atoms with van der Waals surface area (Å²) in [5.74, 6) is 1.31. The topological polar surface area (TPSA) is 42.0 Å². The van der Waals surface area contributed by atoms with Crippen molar-refractivity contribution in [1.29, 1.82) is 0 Å². The van der Waals surface area contributed by atoms with Crippen LogP contribution in [0.3, 0.4) is 0 Å². The summed E-state index contributed by atoms with van der Waals surface area (Å²) >= 11 is 5.45. The molecule has 2 heterocycles. The molecular weight excluding hydrogens is 276 g/mol. The number of carbonyl (C=O) groups excluding carboxylic acids is 1. The Morgan fingerprint density at radius 1 is 1.30 bits per heavy atom. The lowest BCUT2D eigenvalue weighted by atomic mass is 10.2. The van der Waals surface area contributed by atoms with Gasteiger partial charge in [-0.1, -0.05) is 0 Å². The third-order valence-electron chi connectivity index (χ3n) is 3.82. The van der Waals surface area contributed by atoms with Gasteiger partial charge in [0.25, 0.3) is 5.91 Å². The molecule has 0 aromatic heterocycles. The minimum absolute atomic E-state index is 0.0379. The maximum Gasteiger partial charge on any atom is 0.256 e. The summed E-state index contributed by atoms with van der Waals surface area (Å²) < 4.78 is 10.5. The minimum Gasteiger partial charge on any atom is -0.497 e. The van der Waals surface area contributed by atoms with Crippen LogP contribution in [0.1, 0.15) is 12.8 Å². The molecule has 2 aliphatic rings. The van der Waals surface area contributed by atoms with Gasteiger partial charge in [-0.25, -0.2) is 0 Å². The van der Waals surface area contributed by atoms with E-state index in [1.54, 1.807) is 31.3 Å². The minimum atomic E-state index is -0.102. The molecule has 1 amide bonds. The van der Waals surface area contributed by atoms with Gasteiger partial charge in [-0.15, -0.1) is 0 Å². The maximum absolute atomic E-state index is 12.5. The first-order valence-electron chi connectivity index (χ1n) is 6.54. The van der Waals surface area contributed by atoms with Crippen LogP contribution >= 0.6 is 12.2 Å². The van der Waals surface area contributed by atoms with Crippen LogP contribution < -0.4 is 14.4 Å². The Hall–Kier alpha value is -1.82. The average molecular weight is 292 g/mol. The van der Waals surface area contributed by atoms with Gasteiger partial charge in [0.2, 0.25) is 0 Å². The fraction of sp³-hybridized carbons (Fsp3) is 0.429. The van der Waals surface area contributed by atoms with Crippen molar-refractivity contribution in [1.82, 2.24) is 4.90 Å². The average Bonchev–Trinajstić information content (AvgIpc) is 3.04. The molecule has 2 fully saturated rings. The van der Waals surface area contributed by atoms with Crippen LogP contribution in [0.4, 0.5) is 5.69 Å². The van der Waals surface area contributed by atoms with E-state index in [9.17, 15) is 4.79 Å². The highest BCUT2D eigenvalue weighted by molar-refractivity contribution is 7.80. The number of fused-ring (bicyclic) bond motifs is 1. The zero-order chi connectivity index (χ0) is 14.3. The summed E-state index contributed by atoms with van der Waals surface area (Å²) in [6, 6.07) is 5.27. The molecule has 0 spiro atoms. The molecule has 0 bridgehead atoms. The number of benzene rings is 1. The Labute approximate surface area is 123 Å². The van der Waals surface area contributed by atoms with Gasteiger partial charge >= 0.3 is 0 Å². The van der Waals surface area contributed by atoms with Crippen LogP contribution in [0.25, 0.3) is 0 Å². The van der Waals surface area contributed by atoms with Gasteiger partial charge in [0.15, 0.2) is 5.11 Å². The predicted molar refractivity (Wildman–Crippen MR) is 79.4 cm³/mol. The third kappa shape index (κ3) is 1.83. The van der Waals surface area contributed by atoms with E-state index in [-0.39, 0.29) is 11.9 Å². The van der Waals surface area contributed by atoms with Gasteiger partial charge in [-0.05, 0) is 37.2 Å². The zero-order valence-electron chi connectivity index (χ0n) is 11.5. The van der Waals surface area contributed by atoms with Gasteiger partial charge < -0.3 is 14.4 Å². The molecule has 1 unspecified atom stereocenters. The Bertz CT molecular complexity index is 554. The fourth-order valence-electron chi connectivity index (χ4n) is 2.82. The van der Waals surface area contributed by atoms with Crippen molar-refractivity contribution < 1.29 is 14.3 Å². The maximum atomic E-state index is 12.5.